The van der Waals surface area contributed by atoms with Gasteiger partial charge in [0.25, 0.3) is 0 Å². The van der Waals surface area contributed by atoms with E-state index in [1.807, 2.05) is 0 Å². The highest BCUT2D eigenvalue weighted by Crippen LogP contribution is 2.39. The molecule has 2 aliphatic rings. The molecule has 1 unspecified atom stereocenters. The van der Waals surface area contributed by atoms with Gasteiger partial charge in [0.05, 0.1) is 0 Å². The van der Waals surface area contributed by atoms with Crippen molar-refractivity contribution < 1.29 is 0 Å². The zero-order valence-electron chi connectivity index (χ0n) is 12.5. The van der Waals surface area contributed by atoms with Crippen molar-refractivity contribution in [2.45, 2.75) is 25.7 Å². The van der Waals surface area contributed by atoms with Crippen molar-refractivity contribution in [1.29, 1.82) is 0 Å². The van der Waals surface area contributed by atoms with Crippen LogP contribution < -0.4 is 5.30 Å². The van der Waals surface area contributed by atoms with Crippen LogP contribution in [0, 0.1) is 0 Å². The number of hydrogen-bond acceptors (Lipinski definition) is 0. The molecule has 0 nitrogen and oxygen atoms in total. The lowest BCUT2D eigenvalue weighted by Gasteiger charge is -2.19. The minimum Gasteiger partial charge on any atom is -0.0805 e. The van der Waals surface area contributed by atoms with Gasteiger partial charge in [-0.1, -0.05) is 85.9 Å². The van der Waals surface area contributed by atoms with Gasteiger partial charge in [-0.05, 0) is 43.3 Å². The van der Waals surface area contributed by atoms with Crippen LogP contribution in [0.5, 0.6) is 0 Å². The summed E-state index contributed by atoms with van der Waals surface area (Å²) in [7, 11) is -0.0314. The van der Waals surface area contributed by atoms with E-state index in [4.69, 9.17) is 0 Å². The lowest BCUT2D eigenvalue weighted by atomic mass is 10.2. The number of benzene rings is 1. The lowest BCUT2D eigenvalue weighted by molar-refractivity contribution is 1.05. The van der Waals surface area contributed by atoms with E-state index in [0.717, 1.165) is 6.42 Å². The fourth-order valence-electron chi connectivity index (χ4n) is 2.92. The van der Waals surface area contributed by atoms with Crippen molar-refractivity contribution in [2.24, 2.45) is 0 Å². The molecule has 0 saturated carbocycles. The molecule has 0 spiro atoms. The third-order valence-corrected chi connectivity index (χ3v) is 6.75. The molecule has 0 fully saturated rings. The van der Waals surface area contributed by atoms with E-state index in [1.165, 1.54) is 31.6 Å². The molecule has 21 heavy (non-hydrogen) atoms. The van der Waals surface area contributed by atoms with Crippen molar-refractivity contribution >= 4 is 13.2 Å². The average molecular weight is 294 g/mol. The van der Waals surface area contributed by atoms with E-state index in [-0.39, 0.29) is 7.92 Å². The summed E-state index contributed by atoms with van der Waals surface area (Å²) >= 11 is 0. The average Bonchev–Trinajstić information content (AvgIpc) is 3.21. The molecule has 1 aromatic carbocycles. The molecule has 1 aromatic rings. The van der Waals surface area contributed by atoms with Crippen LogP contribution in [-0.2, 0) is 0 Å². The van der Waals surface area contributed by atoms with Gasteiger partial charge in [-0.25, -0.2) is 0 Å². The molecule has 0 aliphatic heterocycles. The second-order valence-electron chi connectivity index (χ2n) is 5.70. The molecule has 0 heterocycles. The topological polar surface area (TPSA) is 0 Å². The summed E-state index contributed by atoms with van der Waals surface area (Å²) in [5.74, 6) is 0. The van der Waals surface area contributed by atoms with Crippen LogP contribution in [0.25, 0.3) is 0 Å². The Morgan fingerprint density at radius 3 is 2.52 bits per heavy atom. The van der Waals surface area contributed by atoms with E-state index in [9.17, 15) is 0 Å². The van der Waals surface area contributed by atoms with Gasteiger partial charge >= 0.3 is 0 Å². The molecule has 108 valence electrons. The standard InChI is InChI=1S/C20H23P/c1-2-12-20(13-3-1)21(16-14-18-8-4-5-9-18)17-15-19-10-6-7-11-19/h1-6,8,10-13H,7,9,14-17H2. The van der Waals surface area contributed by atoms with Gasteiger partial charge in [-0.15, -0.1) is 0 Å². The highest BCUT2D eigenvalue weighted by atomic mass is 31.1. The summed E-state index contributed by atoms with van der Waals surface area (Å²) in [5.41, 5.74) is 3.15. The maximum Gasteiger partial charge on any atom is -0.0132 e. The molecule has 0 radical (unpaired) electrons. The van der Waals surface area contributed by atoms with Crippen molar-refractivity contribution in [2.75, 3.05) is 12.3 Å². The third-order valence-electron chi connectivity index (χ3n) is 4.19. The molecule has 1 heteroatoms. The van der Waals surface area contributed by atoms with Crippen molar-refractivity contribution in [3.8, 4) is 0 Å². The Morgan fingerprint density at radius 1 is 0.952 bits per heavy atom. The normalized spacial score (nSPS) is 17.9. The zero-order chi connectivity index (χ0) is 14.3. The Morgan fingerprint density at radius 2 is 1.81 bits per heavy atom. The van der Waals surface area contributed by atoms with Crippen LogP contribution in [0.3, 0.4) is 0 Å². The summed E-state index contributed by atoms with van der Waals surface area (Å²) < 4.78 is 0. The van der Waals surface area contributed by atoms with Gasteiger partial charge in [-0.2, -0.15) is 0 Å². The minimum absolute atomic E-state index is 0.0314. The van der Waals surface area contributed by atoms with Crippen LogP contribution in [0.15, 0.2) is 77.9 Å². The maximum absolute atomic E-state index is 2.38. The van der Waals surface area contributed by atoms with Gasteiger partial charge < -0.3 is 0 Å². The Labute approximate surface area is 129 Å². The van der Waals surface area contributed by atoms with E-state index < -0.39 is 0 Å². The Kier molecular flexibility index (Phi) is 5.24. The number of allylic oxidation sites excluding steroid dienone is 8. The second kappa shape index (κ2) is 7.57. The second-order valence-corrected chi connectivity index (χ2v) is 8.19. The first-order chi connectivity index (χ1) is 10.4. The van der Waals surface area contributed by atoms with Gasteiger partial charge in [0, 0.05) is 0 Å². The summed E-state index contributed by atoms with van der Waals surface area (Å²) in [6, 6.07) is 11.2. The Hall–Kier alpha value is -1.39. The van der Waals surface area contributed by atoms with Crippen LogP contribution in [0.1, 0.15) is 25.7 Å². The molecule has 0 aromatic heterocycles. The molecule has 0 amide bonds. The Balaban J connectivity index is 1.61. The predicted octanol–water partition coefficient (Wildman–Crippen LogP) is 5.35. The molecular weight excluding hydrogens is 271 g/mol. The van der Waals surface area contributed by atoms with Crippen molar-refractivity contribution in [3.63, 3.8) is 0 Å². The molecule has 1 atom stereocenters. The number of rotatable bonds is 7. The monoisotopic (exact) mass is 294 g/mol. The van der Waals surface area contributed by atoms with E-state index in [0.29, 0.717) is 0 Å². The van der Waals surface area contributed by atoms with Gasteiger partial charge in [0.2, 0.25) is 0 Å². The third kappa shape index (κ3) is 4.29. The largest absolute Gasteiger partial charge is 0.0805 e. The minimum atomic E-state index is -0.0314. The maximum atomic E-state index is 2.38. The van der Waals surface area contributed by atoms with Gasteiger partial charge in [0.15, 0.2) is 0 Å². The fourth-order valence-corrected chi connectivity index (χ4v) is 5.34. The van der Waals surface area contributed by atoms with Crippen molar-refractivity contribution in [3.05, 3.63) is 77.9 Å². The van der Waals surface area contributed by atoms with Gasteiger partial charge in [0.1, 0.15) is 0 Å². The summed E-state index contributed by atoms with van der Waals surface area (Å²) in [4.78, 5) is 0. The van der Waals surface area contributed by atoms with E-state index in [2.05, 4.69) is 66.8 Å². The molecular formula is C20H23P. The highest BCUT2D eigenvalue weighted by Gasteiger charge is 2.13. The molecule has 0 saturated heterocycles. The quantitative estimate of drug-likeness (QED) is 0.595. The first kappa shape index (κ1) is 14.5. The molecule has 2 aliphatic carbocycles. The number of hydrogen-bond donors (Lipinski definition) is 0. The Bertz CT molecular complexity index is 575. The smallest absolute Gasteiger partial charge is 0.0132 e. The summed E-state index contributed by atoms with van der Waals surface area (Å²) in [6.07, 6.45) is 21.2. The highest BCUT2D eigenvalue weighted by molar-refractivity contribution is 7.65. The first-order valence-electron chi connectivity index (χ1n) is 7.92. The van der Waals surface area contributed by atoms with E-state index in [1.54, 1.807) is 16.5 Å². The zero-order valence-corrected chi connectivity index (χ0v) is 13.4. The van der Waals surface area contributed by atoms with Gasteiger partial charge in [-0.3, -0.25) is 0 Å². The van der Waals surface area contributed by atoms with Crippen molar-refractivity contribution in [1.82, 2.24) is 0 Å². The molecule has 3 rings (SSSR count). The molecule has 0 N–H and O–H groups in total. The summed E-state index contributed by atoms with van der Waals surface area (Å²) in [5, 5.41) is 1.57. The molecule has 0 bridgehead atoms. The van der Waals surface area contributed by atoms with Crippen LogP contribution in [0.4, 0.5) is 0 Å². The van der Waals surface area contributed by atoms with Crippen LogP contribution in [-0.4, -0.2) is 12.3 Å². The lowest BCUT2D eigenvalue weighted by Crippen LogP contribution is -2.07. The predicted molar refractivity (Wildman–Crippen MR) is 95.6 cm³/mol. The van der Waals surface area contributed by atoms with E-state index >= 15 is 0 Å². The van der Waals surface area contributed by atoms with Crippen LogP contribution in [0.2, 0.25) is 0 Å². The first-order valence-corrected chi connectivity index (χ1v) is 9.63. The SMILES string of the molecule is C1=CCC(CCP(CCC2=CCC=C2)c2ccccc2)=C1. The summed E-state index contributed by atoms with van der Waals surface area (Å²) in [6.45, 7) is 0. The van der Waals surface area contributed by atoms with Crippen LogP contribution >= 0.6 is 7.92 Å². The fraction of sp³-hybridized carbons (Fsp3) is 0.300.